The van der Waals surface area contributed by atoms with E-state index in [1.165, 1.54) is 12.8 Å². The molecule has 0 bridgehead atoms. The molecule has 1 saturated carbocycles. The fourth-order valence-corrected chi connectivity index (χ4v) is 3.06. The smallest absolute Gasteiger partial charge is 0.255 e. The van der Waals surface area contributed by atoms with Gasteiger partial charge in [0.25, 0.3) is 5.91 Å². The highest BCUT2D eigenvalue weighted by molar-refractivity contribution is 6.31. The molecule has 0 aromatic heterocycles. The number of carbonyl (C=O) groups is 1. The predicted octanol–water partition coefficient (Wildman–Crippen LogP) is 3.90. The van der Waals surface area contributed by atoms with Gasteiger partial charge in [0.05, 0.1) is 12.7 Å². The number of benzene rings is 1. The van der Waals surface area contributed by atoms with Crippen molar-refractivity contribution in [3.05, 3.63) is 28.8 Å². The summed E-state index contributed by atoms with van der Waals surface area (Å²) in [5.74, 6) is 1.60. The number of hydrogen-bond acceptors (Lipinski definition) is 2. The van der Waals surface area contributed by atoms with E-state index in [0.717, 1.165) is 6.42 Å². The van der Waals surface area contributed by atoms with E-state index in [2.05, 4.69) is 19.2 Å². The second-order valence-corrected chi connectivity index (χ2v) is 6.13. The molecule has 1 aromatic rings. The summed E-state index contributed by atoms with van der Waals surface area (Å²) in [4.78, 5) is 12.4. The number of hydrogen-bond donors (Lipinski definition) is 1. The van der Waals surface area contributed by atoms with Crippen molar-refractivity contribution in [1.82, 2.24) is 5.32 Å². The third-order valence-electron chi connectivity index (χ3n) is 4.43. The molecule has 3 unspecified atom stereocenters. The Morgan fingerprint density at radius 3 is 2.80 bits per heavy atom. The van der Waals surface area contributed by atoms with Crippen molar-refractivity contribution in [1.29, 1.82) is 0 Å². The van der Waals surface area contributed by atoms with Gasteiger partial charge in [0.2, 0.25) is 0 Å². The van der Waals surface area contributed by atoms with Gasteiger partial charge in [0.15, 0.2) is 0 Å². The normalized spacial score (nSPS) is 26.1. The van der Waals surface area contributed by atoms with Crippen LogP contribution in [0.2, 0.25) is 5.02 Å². The van der Waals surface area contributed by atoms with E-state index < -0.39 is 0 Å². The van der Waals surface area contributed by atoms with Crippen molar-refractivity contribution in [2.75, 3.05) is 7.11 Å². The molecule has 1 aliphatic rings. The minimum Gasteiger partial charge on any atom is -0.496 e. The van der Waals surface area contributed by atoms with E-state index in [9.17, 15) is 4.79 Å². The summed E-state index contributed by atoms with van der Waals surface area (Å²) in [6, 6.07) is 5.34. The highest BCUT2D eigenvalue weighted by Crippen LogP contribution is 2.30. The van der Waals surface area contributed by atoms with Crippen molar-refractivity contribution in [3.63, 3.8) is 0 Å². The first-order valence-corrected chi connectivity index (χ1v) is 7.55. The molecule has 1 aromatic carbocycles. The summed E-state index contributed by atoms with van der Waals surface area (Å²) in [5.41, 5.74) is 0.505. The highest BCUT2D eigenvalue weighted by atomic mass is 35.5. The Morgan fingerprint density at radius 2 is 2.10 bits per heavy atom. The quantitative estimate of drug-likeness (QED) is 0.918. The van der Waals surface area contributed by atoms with Crippen LogP contribution >= 0.6 is 11.6 Å². The van der Waals surface area contributed by atoms with Gasteiger partial charge in [-0.1, -0.05) is 38.3 Å². The topological polar surface area (TPSA) is 38.3 Å². The Bertz CT molecular complexity index is 489. The van der Waals surface area contributed by atoms with Crippen LogP contribution in [-0.4, -0.2) is 19.1 Å². The van der Waals surface area contributed by atoms with Crippen LogP contribution in [0.3, 0.4) is 0 Å². The molecule has 20 heavy (non-hydrogen) atoms. The van der Waals surface area contributed by atoms with E-state index in [-0.39, 0.29) is 11.9 Å². The lowest BCUT2D eigenvalue weighted by atomic mass is 9.78. The van der Waals surface area contributed by atoms with Gasteiger partial charge in [0.1, 0.15) is 5.75 Å². The molecule has 0 spiro atoms. The Labute approximate surface area is 125 Å². The monoisotopic (exact) mass is 295 g/mol. The van der Waals surface area contributed by atoms with Gasteiger partial charge >= 0.3 is 0 Å². The van der Waals surface area contributed by atoms with E-state index in [1.807, 2.05) is 0 Å². The van der Waals surface area contributed by atoms with Crippen molar-refractivity contribution in [2.45, 2.75) is 39.2 Å². The number of ether oxygens (including phenoxy) is 1. The first-order chi connectivity index (χ1) is 9.52. The Kier molecular flexibility index (Phi) is 4.92. The zero-order valence-corrected chi connectivity index (χ0v) is 13.0. The summed E-state index contributed by atoms with van der Waals surface area (Å²) in [6.07, 6.45) is 3.46. The molecule has 0 radical (unpaired) electrons. The molecule has 0 saturated heterocycles. The van der Waals surface area contributed by atoms with Crippen LogP contribution in [0.4, 0.5) is 0 Å². The Morgan fingerprint density at radius 1 is 1.35 bits per heavy atom. The highest BCUT2D eigenvalue weighted by Gasteiger charge is 2.29. The molecule has 2 rings (SSSR count). The molecule has 1 fully saturated rings. The number of carbonyl (C=O) groups excluding carboxylic acids is 1. The largest absolute Gasteiger partial charge is 0.496 e. The molecular formula is C16H22ClNO2. The molecule has 0 heterocycles. The van der Waals surface area contributed by atoms with Crippen LogP contribution < -0.4 is 10.1 Å². The third kappa shape index (κ3) is 3.26. The van der Waals surface area contributed by atoms with Crippen LogP contribution in [0, 0.1) is 11.8 Å². The molecule has 4 heteroatoms. The SMILES string of the molecule is COc1ccc(Cl)cc1C(=O)NC1CCCC(C)C1C. The van der Waals surface area contributed by atoms with Gasteiger partial charge in [-0.3, -0.25) is 4.79 Å². The van der Waals surface area contributed by atoms with Gasteiger partial charge in [0, 0.05) is 11.1 Å². The number of methoxy groups -OCH3 is 1. The summed E-state index contributed by atoms with van der Waals surface area (Å²) in [6.45, 7) is 4.47. The molecule has 1 amide bonds. The first kappa shape index (κ1) is 15.2. The minimum atomic E-state index is -0.102. The predicted molar refractivity (Wildman–Crippen MR) is 81.4 cm³/mol. The third-order valence-corrected chi connectivity index (χ3v) is 4.66. The van der Waals surface area contributed by atoms with Gasteiger partial charge in [-0.2, -0.15) is 0 Å². The minimum absolute atomic E-state index is 0.102. The average molecular weight is 296 g/mol. The van der Waals surface area contributed by atoms with Gasteiger partial charge < -0.3 is 10.1 Å². The summed E-state index contributed by atoms with van der Waals surface area (Å²) in [5, 5.41) is 3.68. The molecule has 0 aliphatic heterocycles. The van der Waals surface area contributed by atoms with Crippen molar-refractivity contribution >= 4 is 17.5 Å². The summed E-state index contributed by atoms with van der Waals surface area (Å²) < 4.78 is 5.24. The van der Waals surface area contributed by atoms with Gasteiger partial charge in [-0.05, 0) is 36.5 Å². The fourth-order valence-electron chi connectivity index (χ4n) is 2.89. The van der Waals surface area contributed by atoms with Gasteiger partial charge in [-0.15, -0.1) is 0 Å². The van der Waals surface area contributed by atoms with Crippen molar-refractivity contribution in [3.8, 4) is 5.75 Å². The maximum absolute atomic E-state index is 12.4. The fraction of sp³-hybridized carbons (Fsp3) is 0.562. The zero-order valence-electron chi connectivity index (χ0n) is 12.3. The number of halogens is 1. The molecular weight excluding hydrogens is 274 g/mol. The lowest BCUT2D eigenvalue weighted by Crippen LogP contribution is -2.43. The van der Waals surface area contributed by atoms with E-state index in [1.54, 1.807) is 25.3 Å². The number of nitrogens with one attached hydrogen (secondary N) is 1. The first-order valence-electron chi connectivity index (χ1n) is 7.17. The Balaban J connectivity index is 2.13. The molecule has 1 aliphatic carbocycles. The lowest BCUT2D eigenvalue weighted by molar-refractivity contribution is 0.0888. The van der Waals surface area contributed by atoms with Crippen LogP contribution in [0.15, 0.2) is 18.2 Å². The van der Waals surface area contributed by atoms with Crippen LogP contribution in [0.25, 0.3) is 0 Å². The molecule has 3 atom stereocenters. The van der Waals surface area contributed by atoms with E-state index in [0.29, 0.717) is 28.2 Å². The second-order valence-electron chi connectivity index (χ2n) is 5.69. The van der Waals surface area contributed by atoms with E-state index in [4.69, 9.17) is 16.3 Å². The summed E-state index contributed by atoms with van der Waals surface area (Å²) >= 11 is 5.98. The van der Waals surface area contributed by atoms with Crippen LogP contribution in [0.1, 0.15) is 43.5 Å². The van der Waals surface area contributed by atoms with Gasteiger partial charge in [-0.25, -0.2) is 0 Å². The van der Waals surface area contributed by atoms with Crippen LogP contribution in [-0.2, 0) is 0 Å². The van der Waals surface area contributed by atoms with E-state index >= 15 is 0 Å². The maximum Gasteiger partial charge on any atom is 0.255 e. The van der Waals surface area contributed by atoms with Crippen LogP contribution in [0.5, 0.6) is 5.75 Å². The Hall–Kier alpha value is -1.22. The van der Waals surface area contributed by atoms with Crippen molar-refractivity contribution in [2.24, 2.45) is 11.8 Å². The molecule has 110 valence electrons. The summed E-state index contributed by atoms with van der Waals surface area (Å²) in [7, 11) is 1.56. The number of rotatable bonds is 3. The zero-order chi connectivity index (χ0) is 14.7. The average Bonchev–Trinajstić information content (AvgIpc) is 2.43. The second kappa shape index (κ2) is 6.49. The molecule has 1 N–H and O–H groups in total. The lowest BCUT2D eigenvalue weighted by Gasteiger charge is -2.34. The van der Waals surface area contributed by atoms with Crippen molar-refractivity contribution < 1.29 is 9.53 Å². The number of amides is 1. The maximum atomic E-state index is 12.4. The standard InChI is InChI=1S/C16H22ClNO2/c1-10-5-4-6-14(11(10)2)18-16(19)13-9-12(17)7-8-15(13)20-3/h7-11,14H,4-6H2,1-3H3,(H,18,19). The molecule has 3 nitrogen and oxygen atoms in total.